The molecule has 2 heterocycles. The van der Waals surface area contributed by atoms with E-state index in [4.69, 9.17) is 18.9 Å². The van der Waals surface area contributed by atoms with E-state index in [0.717, 1.165) is 33.4 Å². The number of amides is 4. The fourth-order valence-corrected chi connectivity index (χ4v) is 10.4. The fraction of sp³-hybridized carbons (Fsp3) is 0.348. The van der Waals surface area contributed by atoms with Crippen LogP contribution in [0.1, 0.15) is 35.6 Å². The van der Waals surface area contributed by atoms with Gasteiger partial charge in [0.15, 0.2) is 23.0 Å². The molecule has 3 fully saturated rings. The minimum atomic E-state index is -1.13. The van der Waals surface area contributed by atoms with E-state index >= 15 is 9.59 Å². The van der Waals surface area contributed by atoms with Crippen LogP contribution in [0.5, 0.6) is 23.0 Å². The summed E-state index contributed by atoms with van der Waals surface area (Å²) in [7, 11) is 6.28. The molecule has 2 saturated heterocycles. The normalized spacial score (nSPS) is 25.1. The first-order valence-corrected chi connectivity index (χ1v) is 19.2. The zero-order valence-corrected chi connectivity index (χ0v) is 32.3. The first-order chi connectivity index (χ1) is 27.2. The van der Waals surface area contributed by atoms with Crippen molar-refractivity contribution in [2.75, 3.05) is 41.5 Å². The van der Waals surface area contributed by atoms with Gasteiger partial charge in [0.25, 0.3) is 0 Å². The highest BCUT2D eigenvalue weighted by atomic mass is 16.5. The average molecular weight is 755 g/mol. The van der Waals surface area contributed by atoms with Crippen molar-refractivity contribution in [2.45, 2.75) is 26.2 Å². The highest BCUT2D eigenvalue weighted by Gasteiger charge is 2.77. The summed E-state index contributed by atoms with van der Waals surface area (Å²) >= 11 is 0. The van der Waals surface area contributed by atoms with Crippen molar-refractivity contribution in [3.05, 3.63) is 119 Å². The molecule has 9 rings (SSSR count). The van der Waals surface area contributed by atoms with Crippen LogP contribution in [0.2, 0.25) is 0 Å². The first kappa shape index (κ1) is 37.0. The lowest BCUT2D eigenvalue weighted by atomic mass is 9.40. The molecule has 1 saturated carbocycles. The van der Waals surface area contributed by atoms with Gasteiger partial charge in [-0.3, -0.25) is 29.0 Å². The van der Waals surface area contributed by atoms with Crippen LogP contribution in [0.4, 0.5) is 0 Å². The molecule has 0 spiro atoms. The molecule has 2 bridgehead atoms. The summed E-state index contributed by atoms with van der Waals surface area (Å²) in [5, 5.41) is 0. The zero-order chi connectivity index (χ0) is 39.3. The van der Waals surface area contributed by atoms with Gasteiger partial charge in [0.05, 0.1) is 52.1 Å². The minimum absolute atomic E-state index is 0.155. The lowest BCUT2D eigenvalue weighted by molar-refractivity contribution is -0.145. The molecule has 2 unspecified atom stereocenters. The van der Waals surface area contributed by atoms with E-state index in [1.54, 1.807) is 28.4 Å². The molecule has 4 aromatic carbocycles. The van der Waals surface area contributed by atoms with Crippen molar-refractivity contribution in [1.82, 2.24) is 9.80 Å². The highest BCUT2D eigenvalue weighted by molar-refractivity contribution is 6.17. The van der Waals surface area contributed by atoms with E-state index in [1.165, 1.54) is 9.80 Å². The van der Waals surface area contributed by atoms with Crippen molar-refractivity contribution >= 4 is 34.8 Å². The predicted molar refractivity (Wildman–Crippen MR) is 210 cm³/mol. The molecule has 288 valence electrons. The average Bonchev–Trinajstić information content (AvgIpc) is 3.66. The van der Waals surface area contributed by atoms with Crippen molar-refractivity contribution in [3.8, 4) is 23.0 Å². The maximum atomic E-state index is 15.1. The predicted octanol–water partition coefficient (Wildman–Crippen LogP) is 6.36. The summed E-state index contributed by atoms with van der Waals surface area (Å²) in [5.74, 6) is -2.78. The maximum absolute atomic E-state index is 15.1. The van der Waals surface area contributed by atoms with Gasteiger partial charge in [-0.1, -0.05) is 79.7 Å². The Hall–Kier alpha value is -5.90. The Morgan fingerprint density at radius 3 is 1.36 bits per heavy atom. The number of allylic oxidation sites excluding steroid dienone is 2. The number of nitrogens with zero attached hydrogens (tertiary/aromatic N) is 2. The van der Waals surface area contributed by atoms with Crippen molar-refractivity contribution in [2.24, 2.45) is 35.0 Å². The maximum Gasteiger partial charge on any atom is 0.234 e. The Labute approximate surface area is 327 Å². The number of likely N-dealkylation sites (tertiary alicyclic amines) is 2. The molecule has 10 nitrogen and oxygen atoms in total. The number of methoxy groups -OCH3 is 4. The number of imide groups is 2. The van der Waals surface area contributed by atoms with Gasteiger partial charge >= 0.3 is 0 Å². The third-order valence-corrected chi connectivity index (χ3v) is 12.7. The molecule has 10 heteroatoms. The number of carbonyl (C=O) groups is 4. The van der Waals surface area contributed by atoms with Crippen LogP contribution in [0.25, 0.3) is 11.1 Å². The number of hydrogen-bond acceptors (Lipinski definition) is 8. The van der Waals surface area contributed by atoms with Crippen molar-refractivity contribution in [3.63, 3.8) is 0 Å². The monoisotopic (exact) mass is 754 g/mol. The number of ether oxygens (including phenoxy) is 4. The van der Waals surface area contributed by atoms with E-state index < -0.39 is 35.0 Å². The fourth-order valence-electron chi connectivity index (χ4n) is 10.4. The second-order valence-corrected chi connectivity index (χ2v) is 15.0. The van der Waals surface area contributed by atoms with Crippen LogP contribution in [-0.4, -0.2) is 75.0 Å². The van der Waals surface area contributed by atoms with Gasteiger partial charge in [-0.25, -0.2) is 0 Å². The third-order valence-electron chi connectivity index (χ3n) is 12.7. The van der Waals surface area contributed by atoms with E-state index in [0.29, 0.717) is 42.3 Å². The van der Waals surface area contributed by atoms with E-state index in [-0.39, 0.29) is 36.7 Å². The van der Waals surface area contributed by atoms with E-state index in [2.05, 4.69) is 0 Å². The molecule has 2 aliphatic heterocycles. The summed E-state index contributed by atoms with van der Waals surface area (Å²) in [5.41, 5.74) is 4.18. The van der Waals surface area contributed by atoms with Gasteiger partial charge in [0.1, 0.15) is 0 Å². The van der Waals surface area contributed by atoms with E-state index in [9.17, 15) is 9.59 Å². The van der Waals surface area contributed by atoms with Gasteiger partial charge in [-0.05, 0) is 76.9 Å². The van der Waals surface area contributed by atoms with Crippen LogP contribution in [0.15, 0.2) is 97.1 Å². The smallest absolute Gasteiger partial charge is 0.234 e. The summed E-state index contributed by atoms with van der Waals surface area (Å²) < 4.78 is 21.9. The Morgan fingerprint density at radius 1 is 0.518 bits per heavy atom. The van der Waals surface area contributed by atoms with Gasteiger partial charge in [0.2, 0.25) is 23.6 Å². The second kappa shape index (κ2) is 14.6. The van der Waals surface area contributed by atoms with Crippen LogP contribution < -0.4 is 18.9 Å². The number of carbonyl (C=O) groups excluding carboxylic acids is 4. The van der Waals surface area contributed by atoms with Gasteiger partial charge in [-0.2, -0.15) is 0 Å². The van der Waals surface area contributed by atoms with Crippen molar-refractivity contribution in [1.29, 1.82) is 0 Å². The van der Waals surface area contributed by atoms with Crippen LogP contribution in [0.3, 0.4) is 0 Å². The van der Waals surface area contributed by atoms with Gasteiger partial charge in [-0.15, -0.1) is 0 Å². The van der Waals surface area contributed by atoms with Crippen LogP contribution in [-0.2, 0) is 32.0 Å². The molecule has 5 aliphatic rings. The zero-order valence-electron chi connectivity index (χ0n) is 32.3. The highest BCUT2D eigenvalue weighted by Crippen LogP contribution is 2.73. The Morgan fingerprint density at radius 2 is 0.946 bits per heavy atom. The minimum Gasteiger partial charge on any atom is -0.493 e. The number of benzene rings is 4. The second-order valence-electron chi connectivity index (χ2n) is 15.0. The molecule has 4 aromatic rings. The Bertz CT molecular complexity index is 2130. The molecule has 6 atom stereocenters. The number of rotatable bonds is 13. The largest absolute Gasteiger partial charge is 0.493 e. The molecular formula is C46H46N2O8. The van der Waals surface area contributed by atoms with Crippen LogP contribution in [0, 0.1) is 35.0 Å². The molecule has 0 aromatic heterocycles. The lowest BCUT2D eigenvalue weighted by Crippen LogP contribution is -2.60. The summed E-state index contributed by atoms with van der Waals surface area (Å²) in [6.45, 7) is 2.31. The molecule has 0 radical (unpaired) electrons. The third kappa shape index (κ3) is 5.51. The molecule has 0 N–H and O–H groups in total. The lowest BCUT2D eigenvalue weighted by Gasteiger charge is -2.59. The molecule has 3 aliphatic carbocycles. The van der Waals surface area contributed by atoms with Gasteiger partial charge < -0.3 is 18.9 Å². The number of hydrogen-bond donors (Lipinski definition) is 0. The summed E-state index contributed by atoms with van der Waals surface area (Å²) in [4.78, 5) is 62.8. The summed E-state index contributed by atoms with van der Waals surface area (Å²) in [6, 6.07) is 30.9. The first-order valence-electron chi connectivity index (χ1n) is 19.2. The Kier molecular flexibility index (Phi) is 9.68. The topological polar surface area (TPSA) is 112 Å². The van der Waals surface area contributed by atoms with Crippen molar-refractivity contribution < 1.29 is 38.1 Å². The van der Waals surface area contributed by atoms with Crippen LogP contribution >= 0.6 is 0 Å². The summed E-state index contributed by atoms with van der Waals surface area (Å²) in [6.07, 6.45) is 1.19. The molecule has 4 amide bonds. The van der Waals surface area contributed by atoms with E-state index in [1.807, 2.05) is 104 Å². The quantitative estimate of drug-likeness (QED) is 0.145. The molecule has 56 heavy (non-hydrogen) atoms. The SMILES string of the molecule is CCC12C(c3ccccc3)=C(c3ccccc3)C([C@H]3C(=O)N(CCc4ccc(OC)c(OC)c4)C(=O)[C@H]31)[C@@H]1C(=O)N(CCc3ccc(OC)c(OC)c3)C(=O)[C@@H]12. The van der Waals surface area contributed by atoms with Gasteiger partial charge in [0, 0.05) is 24.4 Å². The molecular weight excluding hydrogens is 709 g/mol. The standard InChI is InChI=1S/C46H46N2O8/c1-6-46-39(30-15-11-8-12-16-30)35(29-13-9-7-10-14-29)36(37-40(46)44(51)47(42(37)49)23-21-27-17-19-31(53-2)33(25-27)55-4)38-41(46)45(52)48(43(38)50)24-22-28-18-20-32(54-3)34(26-28)56-5/h7-20,25-26,36-38,40-41H,6,21-24H2,1-5H3/t36?,37-,38+,40+,41-,46?. The Balaban J connectivity index is 1.24.